The van der Waals surface area contributed by atoms with Crippen LogP contribution < -0.4 is 14.4 Å². The van der Waals surface area contributed by atoms with Crippen LogP contribution in [0, 0.1) is 0 Å². The van der Waals surface area contributed by atoms with Crippen molar-refractivity contribution in [3.63, 3.8) is 0 Å². The molecule has 37 heavy (non-hydrogen) atoms. The van der Waals surface area contributed by atoms with Crippen LogP contribution in [-0.4, -0.2) is 59.7 Å². The van der Waals surface area contributed by atoms with Crippen molar-refractivity contribution in [1.82, 2.24) is 4.90 Å². The first-order valence-corrected chi connectivity index (χ1v) is 14.5. The van der Waals surface area contributed by atoms with Gasteiger partial charge in [-0.2, -0.15) is 0 Å². The number of methoxy groups -OCH3 is 1. The molecule has 198 valence electrons. The molecule has 1 aliphatic rings. The van der Waals surface area contributed by atoms with Crippen LogP contribution in [-0.2, 0) is 32.5 Å². The maximum absolute atomic E-state index is 13.4. The van der Waals surface area contributed by atoms with E-state index in [0.29, 0.717) is 37.6 Å². The molecule has 1 unspecified atom stereocenters. The number of rotatable bonds is 11. The number of anilines is 2. The number of nitrogens with one attached hydrogen (secondary N) is 1. The summed E-state index contributed by atoms with van der Waals surface area (Å²) in [5.41, 5.74) is 2.19. The topological polar surface area (TPSA) is 88.2 Å². The molecule has 2 aromatic carbocycles. The van der Waals surface area contributed by atoms with Crippen LogP contribution in [0.25, 0.3) is 0 Å². The predicted octanol–water partition coefficient (Wildman–Crippen LogP) is 4.37. The molecule has 1 aliphatic heterocycles. The van der Waals surface area contributed by atoms with E-state index < -0.39 is 10.0 Å². The monoisotopic (exact) mass is 543 g/mol. The maximum atomic E-state index is 13.4. The Labute approximate surface area is 222 Å². The van der Waals surface area contributed by atoms with Gasteiger partial charge in [-0.1, -0.05) is 6.07 Å². The predicted molar refractivity (Wildman–Crippen MR) is 147 cm³/mol. The number of ether oxygens (including phenoxy) is 2. The van der Waals surface area contributed by atoms with Crippen molar-refractivity contribution in [2.24, 2.45) is 0 Å². The molecule has 2 heterocycles. The first kappa shape index (κ1) is 27.0. The fraction of sp³-hybridized carbons (Fsp3) is 0.370. The Balaban J connectivity index is 1.59. The minimum Gasteiger partial charge on any atom is -0.497 e. The lowest BCUT2D eigenvalue weighted by Gasteiger charge is -2.28. The second kappa shape index (κ2) is 12.0. The SMILES string of the molecule is COc1ccc(S(=O)(=O)Nc2ccc(N(C)C)c(CN(CC3CCCO3)C(=O)Cc3cccs3)c2)cc1. The average molecular weight is 544 g/mol. The lowest BCUT2D eigenvalue weighted by Crippen LogP contribution is -2.38. The molecule has 1 fully saturated rings. The second-order valence-electron chi connectivity index (χ2n) is 9.18. The summed E-state index contributed by atoms with van der Waals surface area (Å²) in [5, 5.41) is 1.97. The third-order valence-electron chi connectivity index (χ3n) is 6.25. The molecule has 0 spiro atoms. The molecule has 4 rings (SSSR count). The van der Waals surface area contributed by atoms with Crippen molar-refractivity contribution >= 4 is 38.6 Å². The summed E-state index contributed by atoms with van der Waals surface area (Å²) < 4.78 is 39.7. The number of amides is 1. The number of sulfonamides is 1. The molecule has 1 aromatic heterocycles. The van der Waals surface area contributed by atoms with Crippen molar-refractivity contribution in [2.45, 2.75) is 36.8 Å². The van der Waals surface area contributed by atoms with E-state index in [1.165, 1.54) is 19.2 Å². The highest BCUT2D eigenvalue weighted by atomic mass is 32.2. The van der Waals surface area contributed by atoms with Gasteiger partial charge in [0.2, 0.25) is 5.91 Å². The molecule has 1 saturated heterocycles. The van der Waals surface area contributed by atoms with Crippen LogP contribution in [0.15, 0.2) is 64.9 Å². The van der Waals surface area contributed by atoms with E-state index in [1.54, 1.807) is 35.6 Å². The van der Waals surface area contributed by atoms with E-state index >= 15 is 0 Å². The average Bonchev–Trinajstić information content (AvgIpc) is 3.58. The lowest BCUT2D eigenvalue weighted by molar-refractivity contribution is -0.132. The van der Waals surface area contributed by atoms with Crippen LogP contribution in [0.5, 0.6) is 5.75 Å². The number of benzene rings is 2. The molecule has 1 atom stereocenters. The molecule has 1 N–H and O–H groups in total. The number of hydrogen-bond acceptors (Lipinski definition) is 7. The largest absolute Gasteiger partial charge is 0.497 e. The number of thiophene rings is 1. The molecule has 0 radical (unpaired) electrons. The van der Waals surface area contributed by atoms with Crippen LogP contribution in [0.1, 0.15) is 23.3 Å². The van der Waals surface area contributed by atoms with Crippen LogP contribution in [0.3, 0.4) is 0 Å². The van der Waals surface area contributed by atoms with Crippen molar-refractivity contribution in [3.8, 4) is 5.75 Å². The molecule has 0 aliphatic carbocycles. The molecule has 0 bridgehead atoms. The highest BCUT2D eigenvalue weighted by Gasteiger charge is 2.25. The smallest absolute Gasteiger partial charge is 0.261 e. The van der Waals surface area contributed by atoms with Gasteiger partial charge in [0.25, 0.3) is 10.0 Å². The Hall–Kier alpha value is -3.08. The Morgan fingerprint density at radius 3 is 2.57 bits per heavy atom. The molecular formula is C27H33N3O5S2. The van der Waals surface area contributed by atoms with E-state index in [1.807, 2.05) is 47.5 Å². The highest BCUT2D eigenvalue weighted by molar-refractivity contribution is 7.92. The van der Waals surface area contributed by atoms with Gasteiger partial charge in [0, 0.05) is 50.0 Å². The third-order valence-corrected chi connectivity index (χ3v) is 8.52. The Bertz CT molecular complexity index is 1290. The first-order chi connectivity index (χ1) is 17.7. The van der Waals surface area contributed by atoms with Crippen LogP contribution in [0.4, 0.5) is 11.4 Å². The quantitative estimate of drug-likeness (QED) is 0.386. The van der Waals surface area contributed by atoms with Gasteiger partial charge in [-0.25, -0.2) is 8.42 Å². The second-order valence-corrected chi connectivity index (χ2v) is 11.9. The Morgan fingerprint density at radius 2 is 1.95 bits per heavy atom. The number of hydrogen-bond donors (Lipinski definition) is 1. The van der Waals surface area contributed by atoms with E-state index in [0.717, 1.165) is 29.0 Å². The zero-order chi connectivity index (χ0) is 26.4. The Morgan fingerprint density at radius 1 is 1.16 bits per heavy atom. The van der Waals surface area contributed by atoms with E-state index in [-0.39, 0.29) is 16.9 Å². The Kier molecular flexibility index (Phi) is 8.73. The summed E-state index contributed by atoms with van der Waals surface area (Å²) in [6.07, 6.45) is 2.24. The maximum Gasteiger partial charge on any atom is 0.261 e. The summed E-state index contributed by atoms with van der Waals surface area (Å²) in [4.78, 5) is 18.3. The summed E-state index contributed by atoms with van der Waals surface area (Å²) in [7, 11) is 1.58. The molecule has 3 aromatic rings. The van der Waals surface area contributed by atoms with Gasteiger partial charge in [-0.05, 0) is 72.3 Å². The number of carbonyl (C=O) groups is 1. The molecule has 1 amide bonds. The van der Waals surface area contributed by atoms with E-state index in [2.05, 4.69) is 4.72 Å². The molecule has 10 heteroatoms. The lowest BCUT2D eigenvalue weighted by atomic mass is 10.1. The fourth-order valence-corrected chi connectivity index (χ4v) is 6.09. The summed E-state index contributed by atoms with van der Waals surface area (Å²) in [6.45, 7) is 1.55. The van der Waals surface area contributed by atoms with Crippen molar-refractivity contribution in [2.75, 3.05) is 44.0 Å². The van der Waals surface area contributed by atoms with E-state index in [9.17, 15) is 13.2 Å². The normalized spacial score (nSPS) is 15.4. The van der Waals surface area contributed by atoms with Crippen molar-refractivity contribution < 1.29 is 22.7 Å². The summed E-state index contributed by atoms with van der Waals surface area (Å²) in [6, 6.07) is 15.5. The van der Waals surface area contributed by atoms with Gasteiger partial charge in [0.15, 0.2) is 0 Å². The number of nitrogens with zero attached hydrogens (tertiary/aromatic N) is 2. The van der Waals surface area contributed by atoms with Crippen molar-refractivity contribution in [3.05, 3.63) is 70.4 Å². The van der Waals surface area contributed by atoms with Gasteiger partial charge in [0.05, 0.1) is 24.5 Å². The third kappa shape index (κ3) is 7.03. The van der Waals surface area contributed by atoms with E-state index in [4.69, 9.17) is 9.47 Å². The molecular weight excluding hydrogens is 510 g/mol. The molecule has 0 saturated carbocycles. The zero-order valence-electron chi connectivity index (χ0n) is 21.3. The van der Waals surface area contributed by atoms with Gasteiger partial charge in [-0.15, -0.1) is 11.3 Å². The van der Waals surface area contributed by atoms with Gasteiger partial charge >= 0.3 is 0 Å². The van der Waals surface area contributed by atoms with Gasteiger partial charge in [-0.3, -0.25) is 9.52 Å². The van der Waals surface area contributed by atoms with Gasteiger partial charge in [0.1, 0.15) is 5.75 Å². The zero-order valence-corrected chi connectivity index (χ0v) is 23.0. The standard InChI is InChI=1S/C27H33N3O5S2/c1-29(2)26-13-8-21(28-37(32,33)25-11-9-22(34-3)10-12-25)16-20(26)18-30(19-23-6-4-14-35-23)27(31)17-24-7-5-15-36-24/h5,7-13,15-16,23,28H,4,6,14,17-19H2,1-3H3. The number of carbonyl (C=O) groups excluding carboxylic acids is 1. The van der Waals surface area contributed by atoms with Gasteiger partial charge < -0.3 is 19.3 Å². The highest BCUT2D eigenvalue weighted by Crippen LogP contribution is 2.28. The van der Waals surface area contributed by atoms with Crippen LogP contribution >= 0.6 is 11.3 Å². The van der Waals surface area contributed by atoms with Crippen LogP contribution in [0.2, 0.25) is 0 Å². The minimum absolute atomic E-state index is 0.00634. The molecule has 8 nitrogen and oxygen atoms in total. The van der Waals surface area contributed by atoms with Crippen molar-refractivity contribution in [1.29, 1.82) is 0 Å². The first-order valence-electron chi connectivity index (χ1n) is 12.1. The fourth-order valence-electron chi connectivity index (χ4n) is 4.35. The summed E-state index contributed by atoms with van der Waals surface area (Å²) >= 11 is 1.56. The minimum atomic E-state index is -3.80. The summed E-state index contributed by atoms with van der Waals surface area (Å²) in [5.74, 6) is 0.599.